The maximum absolute atomic E-state index is 13.0. The predicted octanol–water partition coefficient (Wildman–Crippen LogP) is 3.69. The molecule has 26 heavy (non-hydrogen) atoms. The van der Waals surface area contributed by atoms with E-state index in [1.807, 2.05) is 60.7 Å². The lowest BCUT2D eigenvalue weighted by atomic mass is 9.90. The molecular weight excluding hydrogens is 330 g/mol. The molecule has 0 unspecified atom stereocenters. The molecule has 0 bridgehead atoms. The molecule has 3 aromatic rings. The highest BCUT2D eigenvalue weighted by Gasteiger charge is 2.27. The standard InChI is InChI=1S/C20H19N3O3/c24-18(21-20-23-22-19(26-20)16-12-7-13-25-16)17(14-8-3-1-4-9-14)15-10-5-2-6-11-15/h1-6,8-11,16-17H,7,12-13H2,(H,21,23,24)/t16-/m1/s1. The predicted molar refractivity (Wildman–Crippen MR) is 95.6 cm³/mol. The molecule has 1 aliphatic heterocycles. The Balaban J connectivity index is 1.57. The number of ether oxygens (including phenoxy) is 1. The fourth-order valence-electron chi connectivity index (χ4n) is 3.15. The van der Waals surface area contributed by atoms with Crippen molar-refractivity contribution in [2.45, 2.75) is 24.9 Å². The first kappa shape index (κ1) is 16.5. The lowest BCUT2D eigenvalue weighted by molar-refractivity contribution is -0.116. The molecule has 4 rings (SSSR count). The molecule has 0 aliphatic carbocycles. The van der Waals surface area contributed by atoms with Crippen molar-refractivity contribution < 1.29 is 13.9 Å². The van der Waals surface area contributed by atoms with Crippen LogP contribution in [-0.2, 0) is 9.53 Å². The van der Waals surface area contributed by atoms with Crippen LogP contribution in [0.3, 0.4) is 0 Å². The smallest absolute Gasteiger partial charge is 0.322 e. The van der Waals surface area contributed by atoms with E-state index in [0.717, 1.165) is 24.0 Å². The van der Waals surface area contributed by atoms with Gasteiger partial charge in [0.15, 0.2) is 0 Å². The lowest BCUT2D eigenvalue weighted by Crippen LogP contribution is -2.22. The van der Waals surface area contributed by atoms with Gasteiger partial charge in [0.25, 0.3) is 0 Å². The first-order chi connectivity index (χ1) is 12.8. The molecule has 2 aromatic carbocycles. The van der Waals surface area contributed by atoms with Gasteiger partial charge in [-0.05, 0) is 24.0 Å². The first-order valence-corrected chi connectivity index (χ1v) is 8.67. The third-order valence-electron chi connectivity index (χ3n) is 4.40. The molecule has 1 aliphatic rings. The van der Waals surface area contributed by atoms with Gasteiger partial charge in [-0.2, -0.15) is 0 Å². The van der Waals surface area contributed by atoms with Crippen LogP contribution in [0.5, 0.6) is 0 Å². The van der Waals surface area contributed by atoms with Crippen molar-refractivity contribution in [2.24, 2.45) is 0 Å². The number of amides is 1. The Morgan fingerprint density at radius 1 is 1.00 bits per heavy atom. The highest BCUT2D eigenvalue weighted by atomic mass is 16.5. The number of rotatable bonds is 5. The molecule has 6 heteroatoms. The number of hydrogen-bond acceptors (Lipinski definition) is 5. The number of carbonyl (C=O) groups is 1. The Labute approximate surface area is 151 Å². The summed E-state index contributed by atoms with van der Waals surface area (Å²) >= 11 is 0. The largest absolute Gasteiger partial charge is 0.405 e. The van der Waals surface area contributed by atoms with E-state index >= 15 is 0 Å². The normalized spacial score (nSPS) is 16.7. The highest BCUT2D eigenvalue weighted by Crippen LogP contribution is 2.29. The molecule has 0 radical (unpaired) electrons. The second-order valence-corrected chi connectivity index (χ2v) is 6.19. The van der Waals surface area contributed by atoms with Crippen molar-refractivity contribution in [1.82, 2.24) is 10.2 Å². The Bertz CT molecular complexity index is 819. The maximum atomic E-state index is 13.0. The van der Waals surface area contributed by atoms with Crippen LogP contribution in [0.15, 0.2) is 65.1 Å². The number of aromatic nitrogens is 2. The summed E-state index contributed by atoms with van der Waals surface area (Å²) in [7, 11) is 0. The van der Waals surface area contributed by atoms with Gasteiger partial charge in [0.1, 0.15) is 6.10 Å². The number of anilines is 1. The summed E-state index contributed by atoms with van der Waals surface area (Å²) in [4.78, 5) is 13.0. The van der Waals surface area contributed by atoms with E-state index in [1.165, 1.54) is 0 Å². The van der Waals surface area contributed by atoms with Crippen LogP contribution in [-0.4, -0.2) is 22.7 Å². The Hall–Kier alpha value is -2.99. The average molecular weight is 349 g/mol. The molecule has 1 aromatic heterocycles. The van der Waals surface area contributed by atoms with Gasteiger partial charge in [-0.1, -0.05) is 65.8 Å². The average Bonchev–Trinajstić information content (AvgIpc) is 3.35. The highest BCUT2D eigenvalue weighted by molar-refractivity contribution is 5.96. The van der Waals surface area contributed by atoms with E-state index in [9.17, 15) is 4.79 Å². The van der Waals surface area contributed by atoms with E-state index in [-0.39, 0.29) is 18.0 Å². The summed E-state index contributed by atoms with van der Waals surface area (Å²) in [6.07, 6.45) is 1.65. The molecule has 1 N–H and O–H groups in total. The minimum absolute atomic E-state index is 0.0948. The molecule has 1 atom stereocenters. The Morgan fingerprint density at radius 3 is 2.23 bits per heavy atom. The molecule has 6 nitrogen and oxygen atoms in total. The van der Waals surface area contributed by atoms with Gasteiger partial charge in [-0.25, -0.2) is 0 Å². The van der Waals surface area contributed by atoms with E-state index in [2.05, 4.69) is 15.5 Å². The molecule has 0 saturated carbocycles. The maximum Gasteiger partial charge on any atom is 0.322 e. The quantitative estimate of drug-likeness (QED) is 0.760. The summed E-state index contributed by atoms with van der Waals surface area (Å²) < 4.78 is 11.1. The van der Waals surface area contributed by atoms with E-state index in [1.54, 1.807) is 0 Å². The van der Waals surface area contributed by atoms with Crippen LogP contribution in [0.1, 0.15) is 41.9 Å². The summed E-state index contributed by atoms with van der Waals surface area (Å²) in [6, 6.07) is 19.4. The minimum atomic E-state index is -0.463. The van der Waals surface area contributed by atoms with Crippen LogP contribution < -0.4 is 5.32 Å². The molecular formula is C20H19N3O3. The zero-order valence-corrected chi connectivity index (χ0v) is 14.2. The molecule has 1 fully saturated rings. The van der Waals surface area contributed by atoms with Crippen LogP contribution in [0.4, 0.5) is 6.01 Å². The summed E-state index contributed by atoms with van der Waals surface area (Å²) in [5, 5.41) is 10.7. The number of benzene rings is 2. The second kappa shape index (κ2) is 7.49. The SMILES string of the molecule is O=C(Nc1nnc([C@H]2CCCO2)o1)C(c1ccccc1)c1ccccc1. The second-order valence-electron chi connectivity index (χ2n) is 6.19. The van der Waals surface area contributed by atoms with Crippen molar-refractivity contribution >= 4 is 11.9 Å². The number of carbonyl (C=O) groups excluding carboxylic acids is 1. The van der Waals surface area contributed by atoms with Gasteiger partial charge >= 0.3 is 6.01 Å². The van der Waals surface area contributed by atoms with Crippen molar-refractivity contribution in [2.75, 3.05) is 11.9 Å². The van der Waals surface area contributed by atoms with E-state index < -0.39 is 5.92 Å². The monoisotopic (exact) mass is 349 g/mol. The van der Waals surface area contributed by atoms with Crippen molar-refractivity contribution in [3.05, 3.63) is 77.7 Å². The fourth-order valence-corrected chi connectivity index (χ4v) is 3.15. The van der Waals surface area contributed by atoms with E-state index in [0.29, 0.717) is 12.5 Å². The summed E-state index contributed by atoms with van der Waals surface area (Å²) in [5.74, 6) is -0.269. The minimum Gasteiger partial charge on any atom is -0.405 e. The third kappa shape index (κ3) is 3.50. The van der Waals surface area contributed by atoms with Crippen LogP contribution in [0.25, 0.3) is 0 Å². The van der Waals surface area contributed by atoms with E-state index in [4.69, 9.17) is 9.15 Å². The first-order valence-electron chi connectivity index (χ1n) is 8.67. The molecule has 2 heterocycles. The Kier molecular flexibility index (Phi) is 4.75. The molecule has 132 valence electrons. The van der Waals surface area contributed by atoms with Crippen LogP contribution in [0, 0.1) is 0 Å². The third-order valence-corrected chi connectivity index (χ3v) is 4.40. The lowest BCUT2D eigenvalue weighted by Gasteiger charge is -2.16. The molecule has 0 spiro atoms. The van der Waals surface area contributed by atoms with Gasteiger partial charge in [-0.3, -0.25) is 10.1 Å². The number of nitrogens with zero attached hydrogens (tertiary/aromatic N) is 2. The Morgan fingerprint density at radius 2 is 1.65 bits per heavy atom. The number of hydrogen-bond donors (Lipinski definition) is 1. The summed E-state index contributed by atoms with van der Waals surface area (Å²) in [5.41, 5.74) is 1.80. The van der Waals surface area contributed by atoms with Gasteiger partial charge in [0.05, 0.1) is 5.92 Å². The molecule has 1 saturated heterocycles. The van der Waals surface area contributed by atoms with Crippen molar-refractivity contribution in [1.29, 1.82) is 0 Å². The zero-order chi connectivity index (χ0) is 17.8. The zero-order valence-electron chi connectivity index (χ0n) is 14.2. The summed E-state index contributed by atoms with van der Waals surface area (Å²) in [6.45, 7) is 0.693. The van der Waals surface area contributed by atoms with Crippen molar-refractivity contribution in [3.63, 3.8) is 0 Å². The number of nitrogens with one attached hydrogen (secondary N) is 1. The van der Waals surface area contributed by atoms with Gasteiger partial charge in [0, 0.05) is 6.61 Å². The van der Waals surface area contributed by atoms with Gasteiger partial charge < -0.3 is 9.15 Å². The molecule has 1 amide bonds. The van der Waals surface area contributed by atoms with Gasteiger partial charge in [-0.15, -0.1) is 5.10 Å². The van der Waals surface area contributed by atoms with Crippen molar-refractivity contribution in [3.8, 4) is 0 Å². The topological polar surface area (TPSA) is 77.2 Å². The fraction of sp³-hybridized carbons (Fsp3) is 0.250. The van der Waals surface area contributed by atoms with Gasteiger partial charge in [0.2, 0.25) is 11.8 Å². The van der Waals surface area contributed by atoms with Crippen LogP contribution >= 0.6 is 0 Å². The van der Waals surface area contributed by atoms with Crippen LogP contribution in [0.2, 0.25) is 0 Å².